The summed E-state index contributed by atoms with van der Waals surface area (Å²) < 4.78 is 0. The van der Waals surface area contributed by atoms with Crippen LogP contribution in [-0.4, -0.2) is 51.9 Å². The van der Waals surface area contributed by atoms with Gasteiger partial charge in [-0.15, -0.1) is 11.3 Å². The minimum absolute atomic E-state index is 0.131. The van der Waals surface area contributed by atoms with Gasteiger partial charge in [0.05, 0.1) is 18.2 Å². The van der Waals surface area contributed by atoms with Gasteiger partial charge in [0.2, 0.25) is 5.91 Å². The molecular formula is C28H29N5OS. The normalized spacial score (nSPS) is 14.3. The fraction of sp³-hybridized carbons (Fsp3) is 0.250. The van der Waals surface area contributed by atoms with Crippen molar-refractivity contribution in [3.05, 3.63) is 107 Å². The third kappa shape index (κ3) is 5.75. The summed E-state index contributed by atoms with van der Waals surface area (Å²) >= 11 is 1.50. The summed E-state index contributed by atoms with van der Waals surface area (Å²) in [7, 11) is 0. The zero-order chi connectivity index (χ0) is 24.0. The van der Waals surface area contributed by atoms with Crippen molar-refractivity contribution in [3.63, 3.8) is 0 Å². The molecular weight excluding hydrogens is 454 g/mol. The van der Waals surface area contributed by atoms with E-state index in [2.05, 4.69) is 80.8 Å². The summed E-state index contributed by atoms with van der Waals surface area (Å²) in [6.45, 7) is 5.07. The van der Waals surface area contributed by atoms with Crippen LogP contribution in [0.15, 0.2) is 84.2 Å². The molecule has 0 saturated carbocycles. The highest BCUT2D eigenvalue weighted by atomic mass is 32.1. The van der Waals surface area contributed by atoms with Gasteiger partial charge in [-0.05, 0) is 30.2 Å². The lowest BCUT2D eigenvalue weighted by Gasteiger charge is -2.39. The molecule has 1 aliphatic heterocycles. The number of aromatic nitrogens is 2. The van der Waals surface area contributed by atoms with E-state index in [4.69, 9.17) is 0 Å². The molecule has 6 nitrogen and oxygen atoms in total. The molecule has 0 spiro atoms. The van der Waals surface area contributed by atoms with Gasteiger partial charge in [0, 0.05) is 37.3 Å². The molecule has 2 aromatic heterocycles. The molecule has 5 rings (SSSR count). The second-order valence-electron chi connectivity index (χ2n) is 8.75. The fourth-order valence-electron chi connectivity index (χ4n) is 4.55. The van der Waals surface area contributed by atoms with E-state index in [9.17, 15) is 4.79 Å². The van der Waals surface area contributed by atoms with Gasteiger partial charge >= 0.3 is 0 Å². The van der Waals surface area contributed by atoms with E-state index in [1.165, 1.54) is 22.5 Å². The number of aryl methyl sites for hydroxylation is 1. The van der Waals surface area contributed by atoms with Crippen LogP contribution in [0.4, 0.5) is 10.9 Å². The first-order valence-electron chi connectivity index (χ1n) is 11.9. The van der Waals surface area contributed by atoms with E-state index in [0.29, 0.717) is 6.42 Å². The molecule has 0 aliphatic carbocycles. The van der Waals surface area contributed by atoms with E-state index in [1.54, 1.807) is 0 Å². The van der Waals surface area contributed by atoms with E-state index >= 15 is 0 Å². The SMILES string of the molecule is Cc1cccc(Nc2nc(CC(=O)N3CCN(C(c4ccccc4)c4ccccc4)CC3)cs2)n1. The Morgan fingerprint density at radius 1 is 0.886 bits per heavy atom. The third-order valence-corrected chi connectivity index (χ3v) is 7.08. The van der Waals surface area contributed by atoms with Crippen molar-refractivity contribution in [3.8, 4) is 0 Å². The third-order valence-electron chi connectivity index (χ3n) is 6.27. The highest BCUT2D eigenvalue weighted by molar-refractivity contribution is 7.13. The zero-order valence-corrected chi connectivity index (χ0v) is 20.6. The van der Waals surface area contributed by atoms with Crippen molar-refractivity contribution in [1.82, 2.24) is 19.8 Å². The molecule has 178 valence electrons. The van der Waals surface area contributed by atoms with Gasteiger partial charge < -0.3 is 10.2 Å². The van der Waals surface area contributed by atoms with Crippen molar-refractivity contribution in [2.24, 2.45) is 0 Å². The molecule has 2 aromatic carbocycles. The Hall–Kier alpha value is -3.55. The summed E-state index contributed by atoms with van der Waals surface area (Å²) in [5.41, 5.74) is 4.31. The molecule has 1 saturated heterocycles. The summed E-state index contributed by atoms with van der Waals surface area (Å²) in [5.74, 6) is 0.894. The van der Waals surface area contributed by atoms with Crippen LogP contribution in [0.1, 0.15) is 28.6 Å². The number of anilines is 2. The zero-order valence-electron chi connectivity index (χ0n) is 19.8. The van der Waals surface area contributed by atoms with Gasteiger partial charge in [0.25, 0.3) is 0 Å². The van der Waals surface area contributed by atoms with Gasteiger partial charge in [-0.25, -0.2) is 9.97 Å². The maximum atomic E-state index is 13.0. The molecule has 0 radical (unpaired) electrons. The first-order valence-corrected chi connectivity index (χ1v) is 12.8. The van der Waals surface area contributed by atoms with Crippen LogP contribution in [0.3, 0.4) is 0 Å². The fourth-order valence-corrected chi connectivity index (χ4v) is 5.27. The number of benzene rings is 2. The maximum Gasteiger partial charge on any atom is 0.228 e. The standard InChI is InChI=1S/C28H29N5OS/c1-21-9-8-14-25(29-21)31-28-30-24(20-35-28)19-26(34)32-15-17-33(18-16-32)27(22-10-4-2-5-11-22)23-12-6-3-7-13-23/h2-14,20,27H,15-19H2,1H3,(H,29,30,31). The largest absolute Gasteiger partial charge is 0.340 e. The lowest BCUT2D eigenvalue weighted by molar-refractivity contribution is -0.132. The summed E-state index contributed by atoms with van der Waals surface area (Å²) in [6, 6.07) is 27.3. The van der Waals surface area contributed by atoms with Crippen molar-refractivity contribution in [1.29, 1.82) is 0 Å². The monoisotopic (exact) mass is 483 g/mol. The molecule has 7 heteroatoms. The van der Waals surface area contributed by atoms with Crippen molar-refractivity contribution >= 4 is 28.2 Å². The molecule has 3 heterocycles. The number of hydrogen-bond acceptors (Lipinski definition) is 6. The highest BCUT2D eigenvalue weighted by Gasteiger charge is 2.28. The molecule has 0 unspecified atom stereocenters. The quantitative estimate of drug-likeness (QED) is 0.398. The number of rotatable bonds is 7. The summed E-state index contributed by atoms with van der Waals surface area (Å²) in [4.78, 5) is 26.5. The number of thiazole rings is 1. The van der Waals surface area contributed by atoms with Gasteiger partial charge in [-0.3, -0.25) is 9.69 Å². The van der Waals surface area contributed by atoms with Crippen LogP contribution in [0.2, 0.25) is 0 Å². The number of pyridine rings is 1. The Balaban J connectivity index is 1.20. The van der Waals surface area contributed by atoms with E-state index < -0.39 is 0 Å². The topological polar surface area (TPSA) is 61.4 Å². The van der Waals surface area contributed by atoms with Crippen molar-refractivity contribution in [2.75, 3.05) is 31.5 Å². The molecule has 4 aromatic rings. The van der Waals surface area contributed by atoms with Gasteiger partial charge in [-0.2, -0.15) is 0 Å². The smallest absolute Gasteiger partial charge is 0.228 e. The van der Waals surface area contributed by atoms with Crippen LogP contribution in [0.5, 0.6) is 0 Å². The summed E-state index contributed by atoms with van der Waals surface area (Å²) in [6.07, 6.45) is 0.320. The number of hydrogen-bond donors (Lipinski definition) is 1. The maximum absolute atomic E-state index is 13.0. The van der Waals surface area contributed by atoms with Crippen LogP contribution in [-0.2, 0) is 11.2 Å². The number of carbonyl (C=O) groups excluding carboxylic acids is 1. The number of nitrogens with one attached hydrogen (secondary N) is 1. The van der Waals surface area contributed by atoms with Gasteiger partial charge in [0.15, 0.2) is 5.13 Å². The Bertz CT molecular complexity index is 1210. The van der Waals surface area contributed by atoms with E-state index in [-0.39, 0.29) is 11.9 Å². The van der Waals surface area contributed by atoms with Crippen LogP contribution >= 0.6 is 11.3 Å². The Morgan fingerprint density at radius 3 is 2.17 bits per heavy atom. The number of nitrogens with zero attached hydrogens (tertiary/aromatic N) is 4. The average Bonchev–Trinajstić information content (AvgIpc) is 3.32. The molecule has 0 bridgehead atoms. The minimum atomic E-state index is 0.131. The molecule has 1 fully saturated rings. The molecule has 1 N–H and O–H groups in total. The number of carbonyl (C=O) groups is 1. The average molecular weight is 484 g/mol. The van der Waals surface area contributed by atoms with E-state index in [0.717, 1.165) is 48.5 Å². The first-order chi connectivity index (χ1) is 17.2. The number of amides is 1. The predicted octanol–water partition coefficient (Wildman–Crippen LogP) is 5.07. The highest BCUT2D eigenvalue weighted by Crippen LogP contribution is 2.29. The van der Waals surface area contributed by atoms with Crippen LogP contribution < -0.4 is 5.32 Å². The van der Waals surface area contributed by atoms with Crippen LogP contribution in [0, 0.1) is 6.92 Å². The number of piperazine rings is 1. The summed E-state index contributed by atoms with van der Waals surface area (Å²) in [5, 5.41) is 5.94. The Kier molecular flexibility index (Phi) is 7.16. The van der Waals surface area contributed by atoms with Crippen molar-refractivity contribution in [2.45, 2.75) is 19.4 Å². The Labute approximate surface area is 210 Å². The predicted molar refractivity (Wildman–Crippen MR) is 141 cm³/mol. The molecule has 1 aliphatic rings. The van der Waals surface area contributed by atoms with E-state index in [1.807, 2.05) is 35.4 Å². The lowest BCUT2D eigenvalue weighted by atomic mass is 9.96. The second-order valence-corrected chi connectivity index (χ2v) is 9.61. The second kappa shape index (κ2) is 10.8. The van der Waals surface area contributed by atoms with Gasteiger partial charge in [-0.1, -0.05) is 66.7 Å². The minimum Gasteiger partial charge on any atom is -0.340 e. The molecule has 0 atom stereocenters. The Morgan fingerprint density at radius 2 is 1.54 bits per heavy atom. The van der Waals surface area contributed by atoms with Crippen LogP contribution in [0.25, 0.3) is 0 Å². The van der Waals surface area contributed by atoms with Gasteiger partial charge in [0.1, 0.15) is 5.82 Å². The molecule has 35 heavy (non-hydrogen) atoms. The lowest BCUT2D eigenvalue weighted by Crippen LogP contribution is -2.50. The first kappa shape index (κ1) is 23.2. The van der Waals surface area contributed by atoms with Crippen molar-refractivity contribution < 1.29 is 4.79 Å². The molecule has 1 amide bonds.